The van der Waals surface area contributed by atoms with Crippen LogP contribution in [0.25, 0.3) is 0 Å². The van der Waals surface area contributed by atoms with E-state index in [0.29, 0.717) is 12.8 Å². The SMILES string of the molecule is O=C(N[C@@H](CCCS(=O)(=O)OC1CCCCC1)c1ccccc1)OCc1ccccc1. The molecule has 1 aliphatic rings. The second-order valence-electron chi connectivity index (χ2n) is 7.93. The molecule has 0 aliphatic heterocycles. The van der Waals surface area contributed by atoms with E-state index in [-0.39, 0.29) is 24.5 Å². The van der Waals surface area contributed by atoms with E-state index in [9.17, 15) is 13.2 Å². The predicted octanol–water partition coefficient (Wildman–Crippen LogP) is 5.11. The molecule has 0 saturated heterocycles. The molecule has 1 atom stereocenters. The summed E-state index contributed by atoms with van der Waals surface area (Å²) in [5, 5.41) is 2.87. The number of carbonyl (C=O) groups excluding carboxylic acids is 1. The highest BCUT2D eigenvalue weighted by Gasteiger charge is 2.23. The van der Waals surface area contributed by atoms with Gasteiger partial charge < -0.3 is 10.1 Å². The molecule has 1 amide bonds. The van der Waals surface area contributed by atoms with Crippen molar-refractivity contribution in [2.45, 2.75) is 63.7 Å². The van der Waals surface area contributed by atoms with Crippen molar-refractivity contribution < 1.29 is 22.1 Å². The second kappa shape index (κ2) is 11.9. The van der Waals surface area contributed by atoms with Crippen LogP contribution in [0.2, 0.25) is 0 Å². The third-order valence-corrected chi connectivity index (χ3v) is 6.78. The molecular formula is C24H31NO5S. The summed E-state index contributed by atoms with van der Waals surface area (Å²) < 4.78 is 35.5. The standard InChI is InChI=1S/C24H31NO5S/c26-24(29-19-20-11-4-1-5-12-20)25-23(21-13-6-2-7-14-21)17-10-18-31(27,28)30-22-15-8-3-9-16-22/h1-2,4-7,11-14,22-23H,3,8-10,15-19H2,(H,25,26)/t23-/m0/s1. The first-order chi connectivity index (χ1) is 15.0. The summed E-state index contributed by atoms with van der Waals surface area (Å²) in [5.74, 6) is -0.0619. The van der Waals surface area contributed by atoms with Crippen molar-refractivity contribution in [1.82, 2.24) is 5.32 Å². The number of hydrogen-bond acceptors (Lipinski definition) is 5. The number of amides is 1. The monoisotopic (exact) mass is 445 g/mol. The molecule has 2 aromatic carbocycles. The van der Waals surface area contributed by atoms with Gasteiger partial charge in [-0.15, -0.1) is 0 Å². The van der Waals surface area contributed by atoms with Crippen LogP contribution in [-0.2, 0) is 25.6 Å². The minimum absolute atomic E-state index is 0.0619. The number of rotatable bonds is 10. The highest BCUT2D eigenvalue weighted by molar-refractivity contribution is 7.86. The summed E-state index contributed by atoms with van der Waals surface area (Å²) in [5.41, 5.74) is 1.81. The molecule has 0 bridgehead atoms. The third-order valence-electron chi connectivity index (χ3n) is 5.43. The summed E-state index contributed by atoms with van der Waals surface area (Å²) in [6, 6.07) is 18.6. The lowest BCUT2D eigenvalue weighted by Gasteiger charge is -2.22. The van der Waals surface area contributed by atoms with Gasteiger partial charge in [-0.1, -0.05) is 79.9 Å². The lowest BCUT2D eigenvalue weighted by Crippen LogP contribution is -2.30. The van der Waals surface area contributed by atoms with Gasteiger partial charge in [0, 0.05) is 0 Å². The first kappa shape index (κ1) is 23.3. The normalized spacial score (nSPS) is 15.9. The topological polar surface area (TPSA) is 81.7 Å². The lowest BCUT2D eigenvalue weighted by molar-refractivity contribution is 0.135. The Kier molecular flexibility index (Phi) is 8.91. The molecule has 1 aliphatic carbocycles. The molecule has 1 N–H and O–H groups in total. The van der Waals surface area contributed by atoms with E-state index in [0.717, 1.165) is 43.2 Å². The highest BCUT2D eigenvalue weighted by atomic mass is 32.2. The van der Waals surface area contributed by atoms with Gasteiger partial charge in [-0.05, 0) is 36.8 Å². The van der Waals surface area contributed by atoms with Crippen molar-refractivity contribution in [3.63, 3.8) is 0 Å². The second-order valence-corrected chi connectivity index (χ2v) is 9.65. The maximum atomic E-state index is 12.4. The van der Waals surface area contributed by atoms with Crippen LogP contribution in [0.5, 0.6) is 0 Å². The van der Waals surface area contributed by atoms with Crippen LogP contribution in [0.3, 0.4) is 0 Å². The van der Waals surface area contributed by atoms with Crippen LogP contribution in [0.4, 0.5) is 4.79 Å². The van der Waals surface area contributed by atoms with E-state index >= 15 is 0 Å². The van der Waals surface area contributed by atoms with Gasteiger partial charge in [0.2, 0.25) is 0 Å². The Balaban J connectivity index is 1.52. The van der Waals surface area contributed by atoms with Crippen LogP contribution >= 0.6 is 0 Å². The molecule has 0 unspecified atom stereocenters. The lowest BCUT2D eigenvalue weighted by atomic mass is 9.98. The van der Waals surface area contributed by atoms with Gasteiger partial charge in [-0.3, -0.25) is 4.18 Å². The van der Waals surface area contributed by atoms with Gasteiger partial charge in [0.25, 0.3) is 10.1 Å². The van der Waals surface area contributed by atoms with Gasteiger partial charge in [-0.2, -0.15) is 8.42 Å². The number of carbonyl (C=O) groups is 1. The average Bonchev–Trinajstić information content (AvgIpc) is 2.78. The molecule has 1 fully saturated rings. The molecule has 0 spiro atoms. The average molecular weight is 446 g/mol. The van der Waals surface area contributed by atoms with Crippen molar-refractivity contribution in [2.24, 2.45) is 0 Å². The fourth-order valence-electron chi connectivity index (χ4n) is 3.80. The van der Waals surface area contributed by atoms with E-state index in [4.69, 9.17) is 8.92 Å². The molecule has 3 rings (SSSR count). The number of nitrogens with one attached hydrogen (secondary N) is 1. The molecule has 0 radical (unpaired) electrons. The summed E-state index contributed by atoms with van der Waals surface area (Å²) in [4.78, 5) is 12.3. The fraction of sp³-hybridized carbons (Fsp3) is 0.458. The molecule has 1 saturated carbocycles. The molecule has 168 valence electrons. The summed E-state index contributed by atoms with van der Waals surface area (Å²) in [6.07, 6.45) is 4.93. The van der Waals surface area contributed by atoms with Crippen LogP contribution in [-0.4, -0.2) is 26.4 Å². The van der Waals surface area contributed by atoms with E-state index in [2.05, 4.69) is 5.32 Å². The Morgan fingerprint density at radius 3 is 2.29 bits per heavy atom. The summed E-state index contributed by atoms with van der Waals surface area (Å²) >= 11 is 0. The summed E-state index contributed by atoms with van der Waals surface area (Å²) in [7, 11) is -3.58. The molecule has 6 nitrogen and oxygen atoms in total. The molecule has 0 heterocycles. The first-order valence-electron chi connectivity index (χ1n) is 10.9. The smallest absolute Gasteiger partial charge is 0.407 e. The minimum Gasteiger partial charge on any atom is -0.445 e. The molecule has 2 aromatic rings. The van der Waals surface area contributed by atoms with E-state index in [1.54, 1.807) is 0 Å². The van der Waals surface area contributed by atoms with Crippen LogP contribution in [0.1, 0.15) is 62.1 Å². The zero-order valence-corrected chi connectivity index (χ0v) is 18.6. The van der Waals surface area contributed by atoms with Gasteiger partial charge in [0.1, 0.15) is 6.61 Å². The molecule has 7 heteroatoms. The Hall–Kier alpha value is -2.38. The zero-order chi connectivity index (χ0) is 21.9. The quantitative estimate of drug-likeness (QED) is 0.514. The van der Waals surface area contributed by atoms with Gasteiger partial charge in [0.05, 0.1) is 17.9 Å². The van der Waals surface area contributed by atoms with Crippen molar-refractivity contribution in [3.05, 3.63) is 71.8 Å². The Labute approximate surface area is 185 Å². The molecular weight excluding hydrogens is 414 g/mol. The highest BCUT2D eigenvalue weighted by Crippen LogP contribution is 2.23. The summed E-state index contributed by atoms with van der Waals surface area (Å²) in [6.45, 7) is 0.178. The predicted molar refractivity (Wildman–Crippen MR) is 120 cm³/mol. The van der Waals surface area contributed by atoms with Crippen molar-refractivity contribution in [2.75, 3.05) is 5.75 Å². The van der Waals surface area contributed by atoms with Crippen molar-refractivity contribution in [3.8, 4) is 0 Å². The van der Waals surface area contributed by atoms with E-state index < -0.39 is 16.2 Å². The zero-order valence-electron chi connectivity index (χ0n) is 17.7. The van der Waals surface area contributed by atoms with Gasteiger partial charge in [-0.25, -0.2) is 4.79 Å². The molecule has 0 aromatic heterocycles. The first-order valence-corrected chi connectivity index (χ1v) is 12.5. The Bertz CT molecular complexity index is 896. The number of hydrogen-bond donors (Lipinski definition) is 1. The largest absolute Gasteiger partial charge is 0.445 e. The van der Waals surface area contributed by atoms with Crippen LogP contribution in [0, 0.1) is 0 Å². The van der Waals surface area contributed by atoms with E-state index in [1.807, 2.05) is 60.7 Å². The van der Waals surface area contributed by atoms with Crippen LogP contribution < -0.4 is 5.32 Å². The van der Waals surface area contributed by atoms with Gasteiger partial charge >= 0.3 is 6.09 Å². The number of benzene rings is 2. The molecule has 31 heavy (non-hydrogen) atoms. The third kappa shape index (κ3) is 8.34. The maximum absolute atomic E-state index is 12.4. The van der Waals surface area contributed by atoms with E-state index in [1.165, 1.54) is 0 Å². The Morgan fingerprint density at radius 2 is 1.61 bits per heavy atom. The Morgan fingerprint density at radius 1 is 0.968 bits per heavy atom. The fourth-order valence-corrected chi connectivity index (χ4v) is 5.02. The van der Waals surface area contributed by atoms with Crippen molar-refractivity contribution in [1.29, 1.82) is 0 Å². The number of alkyl carbamates (subject to hydrolysis) is 1. The van der Waals surface area contributed by atoms with Crippen molar-refractivity contribution >= 4 is 16.2 Å². The minimum atomic E-state index is -3.58. The van der Waals surface area contributed by atoms with Gasteiger partial charge in [0.15, 0.2) is 0 Å². The van der Waals surface area contributed by atoms with Crippen LogP contribution in [0.15, 0.2) is 60.7 Å². The maximum Gasteiger partial charge on any atom is 0.407 e. The number of ether oxygens (including phenoxy) is 1.